The molecule has 0 spiro atoms. The van der Waals surface area contributed by atoms with Gasteiger partial charge in [-0.3, -0.25) is 0 Å². The van der Waals surface area contributed by atoms with E-state index in [2.05, 4.69) is 29.9 Å². The fourth-order valence-electron chi connectivity index (χ4n) is 2.13. The van der Waals surface area contributed by atoms with Crippen molar-refractivity contribution in [1.29, 1.82) is 0 Å². The molecule has 1 rings (SSSR count). The van der Waals surface area contributed by atoms with E-state index < -0.39 is 0 Å². The molecule has 1 nitrogen and oxygen atoms in total. The Balaban J connectivity index is 2.27. The van der Waals surface area contributed by atoms with Gasteiger partial charge in [0.2, 0.25) is 0 Å². The molecule has 0 amide bonds. The standard InChI is InChI=1S/C13H23NS/c1-3-5-6-7-13(14-9-4-2)12-8-10-15-11-12/h1,12-14H,4-11H2,2H3. The van der Waals surface area contributed by atoms with Gasteiger partial charge in [-0.2, -0.15) is 11.8 Å². The van der Waals surface area contributed by atoms with Crippen LogP contribution in [0, 0.1) is 18.3 Å². The van der Waals surface area contributed by atoms with E-state index in [9.17, 15) is 0 Å². The van der Waals surface area contributed by atoms with Crippen LogP contribution in [0.25, 0.3) is 0 Å². The molecular formula is C13H23NS. The van der Waals surface area contributed by atoms with Crippen LogP contribution in [0.2, 0.25) is 0 Å². The largest absolute Gasteiger partial charge is 0.314 e. The van der Waals surface area contributed by atoms with Crippen molar-refractivity contribution in [1.82, 2.24) is 5.32 Å². The Morgan fingerprint density at radius 2 is 2.47 bits per heavy atom. The van der Waals surface area contributed by atoms with E-state index in [0.717, 1.165) is 18.9 Å². The van der Waals surface area contributed by atoms with Crippen LogP contribution in [0.15, 0.2) is 0 Å². The van der Waals surface area contributed by atoms with Gasteiger partial charge in [0.15, 0.2) is 0 Å². The van der Waals surface area contributed by atoms with E-state index in [1.54, 1.807) is 0 Å². The molecule has 15 heavy (non-hydrogen) atoms. The minimum Gasteiger partial charge on any atom is -0.314 e. The minimum absolute atomic E-state index is 0.716. The van der Waals surface area contributed by atoms with E-state index in [0.29, 0.717) is 6.04 Å². The second-order valence-electron chi connectivity index (χ2n) is 4.28. The van der Waals surface area contributed by atoms with E-state index in [1.165, 1.54) is 37.2 Å². The molecule has 1 N–H and O–H groups in total. The van der Waals surface area contributed by atoms with Crippen LogP contribution in [0.1, 0.15) is 39.0 Å². The van der Waals surface area contributed by atoms with Gasteiger partial charge in [-0.05, 0) is 49.7 Å². The lowest BCUT2D eigenvalue weighted by molar-refractivity contribution is 0.357. The van der Waals surface area contributed by atoms with Crippen LogP contribution in [0.4, 0.5) is 0 Å². The van der Waals surface area contributed by atoms with Crippen molar-refractivity contribution >= 4 is 11.8 Å². The lowest BCUT2D eigenvalue weighted by Gasteiger charge is -2.24. The molecule has 0 aromatic heterocycles. The third kappa shape index (κ3) is 4.95. The number of unbranched alkanes of at least 4 members (excludes halogenated alkanes) is 1. The van der Waals surface area contributed by atoms with Gasteiger partial charge in [-0.15, -0.1) is 12.3 Å². The predicted molar refractivity (Wildman–Crippen MR) is 70.2 cm³/mol. The summed E-state index contributed by atoms with van der Waals surface area (Å²) in [7, 11) is 0. The van der Waals surface area contributed by atoms with E-state index in [4.69, 9.17) is 6.42 Å². The topological polar surface area (TPSA) is 12.0 Å². The molecule has 1 saturated heterocycles. The SMILES string of the molecule is C#CCCCC(NCCC)C1CCSC1. The highest BCUT2D eigenvalue weighted by atomic mass is 32.2. The summed E-state index contributed by atoms with van der Waals surface area (Å²) >= 11 is 2.10. The van der Waals surface area contributed by atoms with Gasteiger partial charge >= 0.3 is 0 Å². The van der Waals surface area contributed by atoms with Gasteiger partial charge in [0, 0.05) is 12.5 Å². The second-order valence-corrected chi connectivity index (χ2v) is 5.43. The molecule has 1 aliphatic heterocycles. The average molecular weight is 225 g/mol. The van der Waals surface area contributed by atoms with Gasteiger partial charge in [0.05, 0.1) is 0 Å². The fraction of sp³-hybridized carbons (Fsp3) is 0.846. The Labute approximate surface area is 98.8 Å². The predicted octanol–water partition coefficient (Wildman–Crippen LogP) is 2.91. The Bertz CT molecular complexity index is 191. The zero-order valence-corrected chi connectivity index (χ0v) is 10.6. The molecule has 0 saturated carbocycles. The minimum atomic E-state index is 0.716. The second kappa shape index (κ2) is 8.07. The zero-order valence-electron chi connectivity index (χ0n) is 9.80. The first kappa shape index (κ1) is 12.9. The quantitative estimate of drug-likeness (QED) is 0.528. The van der Waals surface area contributed by atoms with Crippen molar-refractivity contribution in [2.45, 2.75) is 45.1 Å². The van der Waals surface area contributed by atoms with Crippen LogP contribution >= 0.6 is 11.8 Å². The molecule has 0 bridgehead atoms. The molecule has 0 aromatic carbocycles. The van der Waals surface area contributed by atoms with E-state index in [1.807, 2.05) is 0 Å². The zero-order chi connectivity index (χ0) is 10.9. The van der Waals surface area contributed by atoms with Crippen molar-refractivity contribution in [3.05, 3.63) is 0 Å². The summed E-state index contributed by atoms with van der Waals surface area (Å²) in [5, 5.41) is 3.69. The van der Waals surface area contributed by atoms with Crippen molar-refractivity contribution in [3.8, 4) is 12.3 Å². The van der Waals surface area contributed by atoms with E-state index >= 15 is 0 Å². The van der Waals surface area contributed by atoms with Gasteiger partial charge < -0.3 is 5.32 Å². The highest BCUT2D eigenvalue weighted by Gasteiger charge is 2.24. The molecule has 1 fully saturated rings. The maximum Gasteiger partial charge on any atom is 0.0104 e. The smallest absolute Gasteiger partial charge is 0.0104 e. The van der Waals surface area contributed by atoms with Crippen LogP contribution in [0.5, 0.6) is 0 Å². The van der Waals surface area contributed by atoms with Crippen molar-refractivity contribution < 1.29 is 0 Å². The Kier molecular flexibility index (Phi) is 6.96. The maximum absolute atomic E-state index is 5.29. The summed E-state index contributed by atoms with van der Waals surface area (Å²) in [5.74, 6) is 6.32. The Morgan fingerprint density at radius 3 is 3.07 bits per heavy atom. The first-order chi connectivity index (χ1) is 7.38. The van der Waals surface area contributed by atoms with Gasteiger partial charge in [0.1, 0.15) is 0 Å². The third-order valence-electron chi connectivity index (χ3n) is 3.03. The fourth-order valence-corrected chi connectivity index (χ4v) is 3.47. The maximum atomic E-state index is 5.29. The van der Waals surface area contributed by atoms with Gasteiger partial charge in [-0.25, -0.2) is 0 Å². The molecule has 2 heteroatoms. The lowest BCUT2D eigenvalue weighted by atomic mass is 9.94. The van der Waals surface area contributed by atoms with Crippen LogP contribution < -0.4 is 5.32 Å². The number of terminal acetylenes is 1. The number of rotatable bonds is 7. The van der Waals surface area contributed by atoms with E-state index in [-0.39, 0.29) is 0 Å². The summed E-state index contributed by atoms with van der Waals surface area (Å²) in [5.41, 5.74) is 0. The number of nitrogens with one attached hydrogen (secondary N) is 1. The molecule has 86 valence electrons. The lowest BCUT2D eigenvalue weighted by Crippen LogP contribution is -2.36. The molecule has 0 aromatic rings. The molecule has 0 radical (unpaired) electrons. The average Bonchev–Trinajstić information content (AvgIpc) is 2.76. The number of thioether (sulfide) groups is 1. The molecule has 2 atom stereocenters. The van der Waals surface area contributed by atoms with Crippen LogP contribution in [-0.2, 0) is 0 Å². The molecular weight excluding hydrogens is 202 g/mol. The molecule has 2 unspecified atom stereocenters. The van der Waals surface area contributed by atoms with Crippen LogP contribution in [0.3, 0.4) is 0 Å². The van der Waals surface area contributed by atoms with Crippen molar-refractivity contribution in [3.63, 3.8) is 0 Å². The molecule has 1 heterocycles. The molecule has 1 aliphatic rings. The third-order valence-corrected chi connectivity index (χ3v) is 4.21. The highest BCUT2D eigenvalue weighted by Crippen LogP contribution is 2.28. The summed E-state index contributed by atoms with van der Waals surface area (Å²) in [6, 6.07) is 0.716. The normalized spacial score (nSPS) is 22.5. The summed E-state index contributed by atoms with van der Waals surface area (Å²) in [6.07, 6.45) is 11.3. The number of hydrogen-bond donors (Lipinski definition) is 1. The van der Waals surface area contributed by atoms with Gasteiger partial charge in [-0.1, -0.05) is 6.92 Å². The number of hydrogen-bond acceptors (Lipinski definition) is 2. The molecule has 0 aliphatic carbocycles. The first-order valence-electron chi connectivity index (χ1n) is 6.13. The first-order valence-corrected chi connectivity index (χ1v) is 7.28. The highest BCUT2D eigenvalue weighted by molar-refractivity contribution is 7.99. The van der Waals surface area contributed by atoms with Crippen molar-refractivity contribution in [2.75, 3.05) is 18.1 Å². The monoisotopic (exact) mass is 225 g/mol. The Hall–Kier alpha value is -0.130. The summed E-state index contributed by atoms with van der Waals surface area (Å²) in [6.45, 7) is 3.39. The Morgan fingerprint density at radius 1 is 1.60 bits per heavy atom. The summed E-state index contributed by atoms with van der Waals surface area (Å²) < 4.78 is 0. The van der Waals surface area contributed by atoms with Gasteiger partial charge in [0.25, 0.3) is 0 Å². The summed E-state index contributed by atoms with van der Waals surface area (Å²) in [4.78, 5) is 0. The van der Waals surface area contributed by atoms with Crippen molar-refractivity contribution in [2.24, 2.45) is 5.92 Å². The van der Waals surface area contributed by atoms with Crippen LogP contribution in [-0.4, -0.2) is 24.1 Å².